The molecule has 2 rings (SSSR count). The summed E-state index contributed by atoms with van der Waals surface area (Å²) in [5, 5.41) is 0. The Morgan fingerprint density at radius 1 is 0.778 bits per heavy atom. The molecule has 0 aromatic heterocycles. The van der Waals surface area contributed by atoms with Gasteiger partial charge in [0.25, 0.3) is 0 Å². The van der Waals surface area contributed by atoms with Crippen molar-refractivity contribution in [2.24, 2.45) is 5.92 Å². The van der Waals surface area contributed by atoms with Crippen LogP contribution >= 0.6 is 0 Å². The highest BCUT2D eigenvalue weighted by atomic mass is 79.9. The highest BCUT2D eigenvalue weighted by Crippen LogP contribution is 2.29. The monoisotopic (exact) mass is 565 g/mol. The lowest BCUT2D eigenvalue weighted by Crippen LogP contribution is -3.00. The number of benzene rings is 1. The van der Waals surface area contributed by atoms with E-state index in [2.05, 4.69) is 21.0 Å². The number of unbranched alkanes of at least 4 members (excludes halogenated alkanes) is 13. The van der Waals surface area contributed by atoms with Gasteiger partial charge in [-0.05, 0) is 44.2 Å². The van der Waals surface area contributed by atoms with Crippen molar-refractivity contribution in [1.29, 1.82) is 0 Å². The maximum atomic E-state index is 12.6. The van der Waals surface area contributed by atoms with E-state index in [1.54, 1.807) is 0 Å². The van der Waals surface area contributed by atoms with E-state index in [1.807, 2.05) is 30.3 Å². The molecule has 208 valence electrons. The molecule has 0 N–H and O–H groups in total. The Kier molecular flexibility index (Phi) is 18.5. The lowest BCUT2D eigenvalue weighted by Gasteiger charge is -2.38. The third-order valence-corrected chi connectivity index (χ3v) is 7.95. The number of quaternary nitrogens is 1. The van der Waals surface area contributed by atoms with Crippen molar-refractivity contribution in [1.82, 2.24) is 0 Å². The molecule has 4 heteroatoms. The molecule has 1 saturated carbocycles. The van der Waals surface area contributed by atoms with Gasteiger partial charge in [-0.3, -0.25) is 0 Å². The molecule has 1 fully saturated rings. The second-order valence-corrected chi connectivity index (χ2v) is 11.8. The predicted octanol–water partition coefficient (Wildman–Crippen LogP) is 5.96. The zero-order valence-corrected chi connectivity index (χ0v) is 25.4. The van der Waals surface area contributed by atoms with E-state index in [9.17, 15) is 4.79 Å². The summed E-state index contributed by atoms with van der Waals surface area (Å²) in [5.41, 5.74) is 0.674. The molecule has 0 bridgehead atoms. The smallest absolute Gasteiger partial charge is 0.338 e. The molecule has 1 aliphatic carbocycles. The number of nitrogens with zero attached hydrogens (tertiary/aromatic N) is 1. The van der Waals surface area contributed by atoms with Crippen LogP contribution in [0.4, 0.5) is 0 Å². The minimum absolute atomic E-state index is 0. The summed E-state index contributed by atoms with van der Waals surface area (Å²) in [6, 6.07) is 9.47. The maximum Gasteiger partial charge on any atom is 0.338 e. The first kappa shape index (κ1) is 33.2. The summed E-state index contributed by atoms with van der Waals surface area (Å²) >= 11 is 0. The van der Waals surface area contributed by atoms with Crippen LogP contribution in [0.1, 0.15) is 133 Å². The fraction of sp³-hybridized carbons (Fsp3) is 0.781. The average Bonchev–Trinajstić information content (AvgIpc) is 2.85. The van der Waals surface area contributed by atoms with E-state index >= 15 is 0 Å². The Hall–Kier alpha value is -0.870. The number of carbonyl (C=O) groups excluding carboxylic acids is 1. The summed E-state index contributed by atoms with van der Waals surface area (Å²) in [4.78, 5) is 12.6. The zero-order valence-electron chi connectivity index (χ0n) is 23.8. The van der Waals surface area contributed by atoms with Crippen molar-refractivity contribution in [3.05, 3.63) is 35.9 Å². The first-order valence-electron chi connectivity index (χ1n) is 15.1. The van der Waals surface area contributed by atoms with Crippen molar-refractivity contribution in [3.63, 3.8) is 0 Å². The Balaban J connectivity index is 0.00000648. The lowest BCUT2D eigenvalue weighted by molar-refractivity contribution is -0.894. The largest absolute Gasteiger partial charge is 1.00 e. The van der Waals surface area contributed by atoms with Crippen LogP contribution < -0.4 is 17.0 Å². The van der Waals surface area contributed by atoms with E-state index in [0.29, 0.717) is 11.5 Å². The quantitative estimate of drug-likeness (QED) is 0.117. The van der Waals surface area contributed by atoms with E-state index < -0.39 is 0 Å². The Morgan fingerprint density at radius 2 is 1.28 bits per heavy atom. The van der Waals surface area contributed by atoms with Crippen molar-refractivity contribution in [3.8, 4) is 0 Å². The number of esters is 1. The van der Waals surface area contributed by atoms with Crippen LogP contribution in [0.25, 0.3) is 0 Å². The summed E-state index contributed by atoms with van der Waals surface area (Å²) < 4.78 is 7.06. The molecule has 1 aliphatic rings. The number of hydrogen-bond acceptors (Lipinski definition) is 2. The van der Waals surface area contributed by atoms with Gasteiger partial charge in [0.15, 0.2) is 0 Å². The van der Waals surface area contributed by atoms with Gasteiger partial charge in [0, 0.05) is 5.92 Å². The molecular formula is C32H56BrNO2. The molecule has 0 heterocycles. The van der Waals surface area contributed by atoms with Gasteiger partial charge in [0.2, 0.25) is 0 Å². The number of ether oxygens (including phenoxy) is 1. The molecule has 1 aromatic carbocycles. The molecule has 2 atom stereocenters. The Bertz CT molecular complexity index is 663. The van der Waals surface area contributed by atoms with Crippen molar-refractivity contribution >= 4 is 5.97 Å². The number of rotatable bonds is 19. The zero-order chi connectivity index (χ0) is 25.2. The molecule has 0 radical (unpaired) electrons. The van der Waals surface area contributed by atoms with Crippen LogP contribution in [0, 0.1) is 5.92 Å². The van der Waals surface area contributed by atoms with Crippen LogP contribution in [-0.2, 0) is 4.74 Å². The van der Waals surface area contributed by atoms with Gasteiger partial charge >= 0.3 is 5.97 Å². The van der Waals surface area contributed by atoms with Crippen molar-refractivity contribution in [2.45, 2.75) is 129 Å². The molecular weight excluding hydrogens is 510 g/mol. The van der Waals surface area contributed by atoms with Gasteiger partial charge in [-0.25, -0.2) is 4.79 Å². The minimum atomic E-state index is -0.153. The van der Waals surface area contributed by atoms with Gasteiger partial charge < -0.3 is 26.2 Å². The predicted molar refractivity (Wildman–Crippen MR) is 150 cm³/mol. The first-order chi connectivity index (χ1) is 17.0. The van der Waals surface area contributed by atoms with Gasteiger partial charge in [0.05, 0.1) is 32.7 Å². The van der Waals surface area contributed by atoms with E-state index in [0.717, 1.165) is 17.4 Å². The topological polar surface area (TPSA) is 26.3 Å². The van der Waals surface area contributed by atoms with Crippen molar-refractivity contribution < 1.29 is 31.0 Å². The molecule has 0 amide bonds. The highest BCUT2D eigenvalue weighted by molar-refractivity contribution is 5.89. The van der Waals surface area contributed by atoms with E-state index in [1.165, 1.54) is 116 Å². The van der Waals surface area contributed by atoms with Crippen molar-refractivity contribution in [2.75, 3.05) is 27.2 Å². The summed E-state index contributed by atoms with van der Waals surface area (Å²) in [6.07, 6.45) is 24.5. The normalized spacial score (nSPS) is 18.0. The van der Waals surface area contributed by atoms with Gasteiger partial charge in [-0.1, -0.05) is 109 Å². The van der Waals surface area contributed by atoms with Crippen LogP contribution in [-0.4, -0.2) is 43.7 Å². The Labute approximate surface area is 234 Å². The molecule has 3 nitrogen and oxygen atoms in total. The number of hydrogen-bond donors (Lipinski definition) is 0. The highest BCUT2D eigenvalue weighted by Gasteiger charge is 2.33. The summed E-state index contributed by atoms with van der Waals surface area (Å²) in [7, 11) is 4.74. The molecule has 0 saturated heterocycles. The molecule has 0 unspecified atom stereocenters. The van der Waals surface area contributed by atoms with Gasteiger partial charge in [0.1, 0.15) is 6.10 Å². The number of carbonyl (C=O) groups is 1. The van der Waals surface area contributed by atoms with E-state index in [-0.39, 0.29) is 29.1 Å². The maximum absolute atomic E-state index is 12.6. The third kappa shape index (κ3) is 14.8. The van der Waals surface area contributed by atoms with Crippen LogP contribution in [0.5, 0.6) is 0 Å². The second-order valence-electron chi connectivity index (χ2n) is 11.8. The molecule has 0 spiro atoms. The second kappa shape index (κ2) is 20.1. The van der Waals surface area contributed by atoms with Crippen LogP contribution in [0.2, 0.25) is 0 Å². The molecule has 36 heavy (non-hydrogen) atoms. The van der Waals surface area contributed by atoms with E-state index in [4.69, 9.17) is 4.74 Å². The standard InChI is InChI=1S/C32H56NO2.BrH/c1-4-5-6-7-8-9-10-11-12-13-14-15-16-22-27-33(2,3)28-30-25-20-21-26-31(30)35-32(34)29-23-18-17-19-24-29;/h17-19,23-24,30-31H,4-16,20-22,25-28H2,1-3H3;1H/q+1;/p-1/t30-,31+;/m1./s1. The Morgan fingerprint density at radius 3 is 1.83 bits per heavy atom. The third-order valence-electron chi connectivity index (χ3n) is 7.95. The molecule has 0 aliphatic heterocycles. The summed E-state index contributed by atoms with van der Waals surface area (Å²) in [5.74, 6) is 0.331. The minimum Gasteiger partial charge on any atom is -1.00 e. The fourth-order valence-electron chi connectivity index (χ4n) is 5.78. The summed E-state index contributed by atoms with van der Waals surface area (Å²) in [6.45, 7) is 4.64. The van der Waals surface area contributed by atoms with Gasteiger partial charge in [-0.15, -0.1) is 0 Å². The van der Waals surface area contributed by atoms with Crippen LogP contribution in [0.3, 0.4) is 0 Å². The van der Waals surface area contributed by atoms with Gasteiger partial charge in [-0.2, -0.15) is 0 Å². The lowest BCUT2D eigenvalue weighted by atomic mass is 9.85. The average molecular weight is 567 g/mol. The SMILES string of the molecule is CCCCCCCCCCCCCCCC[N+](C)(C)C[C@H]1CCCC[C@@H]1OC(=O)c1ccccc1.[Br-]. The number of halogens is 1. The van der Waals surface area contributed by atoms with Crippen LogP contribution in [0.15, 0.2) is 30.3 Å². The first-order valence-corrected chi connectivity index (χ1v) is 15.1. The molecule has 1 aromatic rings. The fourth-order valence-corrected chi connectivity index (χ4v) is 5.78.